The van der Waals surface area contributed by atoms with Gasteiger partial charge in [-0.05, 0) is 55.2 Å². The van der Waals surface area contributed by atoms with Crippen molar-refractivity contribution in [3.63, 3.8) is 0 Å². The molecule has 0 aromatic heterocycles. The highest BCUT2D eigenvalue weighted by Gasteiger charge is 2.33. The first-order valence-corrected chi connectivity index (χ1v) is 8.19. The fourth-order valence-electron chi connectivity index (χ4n) is 2.70. The van der Waals surface area contributed by atoms with E-state index in [4.69, 9.17) is 5.11 Å². The Balaban J connectivity index is 1.97. The summed E-state index contributed by atoms with van der Waals surface area (Å²) in [6.45, 7) is 0.167. The van der Waals surface area contributed by atoms with Gasteiger partial charge in [0.25, 0.3) is 5.91 Å². The number of alkyl halides is 3. The molecule has 0 heterocycles. The number of carbonyl (C=O) groups is 2. The molecule has 0 spiro atoms. The first kappa shape index (κ1) is 18.9. The molecule has 1 fully saturated rings. The molecule has 0 bridgehead atoms. The summed E-state index contributed by atoms with van der Waals surface area (Å²) in [5, 5.41) is 9.08. The van der Waals surface area contributed by atoms with Gasteiger partial charge in [-0.25, -0.2) is 9.18 Å². The fraction of sp³-hybridized carbons (Fsp3) is 0.263. The highest BCUT2D eigenvalue weighted by Crippen LogP contribution is 2.34. The van der Waals surface area contributed by atoms with Gasteiger partial charge < -0.3 is 10.0 Å². The Morgan fingerprint density at radius 2 is 1.70 bits per heavy atom. The van der Waals surface area contributed by atoms with Crippen molar-refractivity contribution < 1.29 is 32.3 Å². The van der Waals surface area contributed by atoms with Gasteiger partial charge in [-0.15, -0.1) is 0 Å². The minimum Gasteiger partial charge on any atom is -0.478 e. The van der Waals surface area contributed by atoms with E-state index in [1.165, 1.54) is 12.1 Å². The van der Waals surface area contributed by atoms with E-state index in [0.717, 1.165) is 48.1 Å². The zero-order chi connectivity index (χ0) is 19.8. The SMILES string of the molecule is O=C(O)c1cccc(N(CC2CC2)C(=O)c2ccc(C(F)(F)F)cc2)c1F. The number of nitrogens with zero attached hydrogens (tertiary/aromatic N) is 1. The number of carboxylic acids is 1. The van der Waals surface area contributed by atoms with Crippen LogP contribution in [0.3, 0.4) is 0 Å². The standard InChI is InChI=1S/C19H15F4NO3/c20-16-14(18(26)27)2-1-3-15(16)24(10-11-4-5-11)17(25)12-6-8-13(9-7-12)19(21,22)23/h1-3,6-9,11H,4-5,10H2,(H,26,27). The van der Waals surface area contributed by atoms with Crippen LogP contribution < -0.4 is 4.90 Å². The van der Waals surface area contributed by atoms with E-state index >= 15 is 0 Å². The molecule has 2 aromatic carbocycles. The van der Waals surface area contributed by atoms with Gasteiger partial charge in [-0.1, -0.05) is 6.07 Å². The van der Waals surface area contributed by atoms with E-state index in [-0.39, 0.29) is 23.7 Å². The largest absolute Gasteiger partial charge is 0.478 e. The van der Waals surface area contributed by atoms with Crippen molar-refractivity contribution >= 4 is 17.6 Å². The Kier molecular flexibility index (Phi) is 4.91. The third-order valence-corrected chi connectivity index (χ3v) is 4.34. The molecule has 1 saturated carbocycles. The van der Waals surface area contributed by atoms with Gasteiger partial charge in [0.05, 0.1) is 16.8 Å². The van der Waals surface area contributed by atoms with E-state index in [1.54, 1.807) is 0 Å². The van der Waals surface area contributed by atoms with Gasteiger partial charge in [0, 0.05) is 12.1 Å². The van der Waals surface area contributed by atoms with E-state index in [0.29, 0.717) is 0 Å². The number of halogens is 4. The van der Waals surface area contributed by atoms with Crippen LogP contribution in [0.1, 0.15) is 39.1 Å². The van der Waals surface area contributed by atoms with E-state index in [1.807, 2.05) is 0 Å². The normalized spacial score (nSPS) is 14.1. The van der Waals surface area contributed by atoms with Crippen LogP contribution in [-0.2, 0) is 6.18 Å². The zero-order valence-electron chi connectivity index (χ0n) is 14.0. The van der Waals surface area contributed by atoms with E-state index < -0.39 is 35.0 Å². The highest BCUT2D eigenvalue weighted by molar-refractivity contribution is 6.06. The summed E-state index contributed by atoms with van der Waals surface area (Å²) >= 11 is 0. The van der Waals surface area contributed by atoms with Crippen LogP contribution in [0.2, 0.25) is 0 Å². The number of carboxylic acid groups (broad SMARTS) is 1. The molecule has 0 aliphatic heterocycles. The maximum absolute atomic E-state index is 14.6. The Hall–Kier alpha value is -2.90. The Morgan fingerprint density at radius 3 is 2.22 bits per heavy atom. The van der Waals surface area contributed by atoms with Crippen LogP contribution in [0.25, 0.3) is 0 Å². The minimum atomic E-state index is -4.53. The minimum absolute atomic E-state index is 0.0382. The second-order valence-corrected chi connectivity index (χ2v) is 6.38. The zero-order valence-corrected chi connectivity index (χ0v) is 14.0. The first-order chi connectivity index (χ1) is 12.7. The number of hydrogen-bond donors (Lipinski definition) is 1. The van der Waals surface area contributed by atoms with E-state index in [9.17, 15) is 27.2 Å². The van der Waals surface area contributed by atoms with Gasteiger partial charge in [0.2, 0.25) is 0 Å². The molecule has 1 N–H and O–H groups in total. The lowest BCUT2D eigenvalue weighted by molar-refractivity contribution is -0.137. The molecular formula is C19H15F4NO3. The van der Waals surface area contributed by atoms with Gasteiger partial charge in [-0.2, -0.15) is 13.2 Å². The third kappa shape index (κ3) is 4.10. The summed E-state index contributed by atoms with van der Waals surface area (Å²) in [7, 11) is 0. The quantitative estimate of drug-likeness (QED) is 0.770. The van der Waals surface area contributed by atoms with Crippen molar-refractivity contribution in [3.05, 3.63) is 65.0 Å². The van der Waals surface area contributed by atoms with Crippen molar-refractivity contribution in [2.75, 3.05) is 11.4 Å². The molecule has 4 nitrogen and oxygen atoms in total. The molecular weight excluding hydrogens is 366 g/mol. The molecule has 3 rings (SSSR count). The van der Waals surface area contributed by atoms with Crippen molar-refractivity contribution in [1.82, 2.24) is 0 Å². The smallest absolute Gasteiger partial charge is 0.416 e. The molecule has 142 valence electrons. The number of aromatic carboxylic acids is 1. The first-order valence-electron chi connectivity index (χ1n) is 8.19. The second kappa shape index (κ2) is 7.02. The molecule has 1 aliphatic rings. The monoisotopic (exact) mass is 381 g/mol. The summed E-state index contributed by atoms with van der Waals surface area (Å²) in [5.74, 6) is -3.05. The molecule has 8 heteroatoms. The second-order valence-electron chi connectivity index (χ2n) is 6.38. The van der Waals surface area contributed by atoms with Gasteiger partial charge in [0.15, 0.2) is 5.82 Å². The summed E-state index contributed by atoms with van der Waals surface area (Å²) in [4.78, 5) is 25.1. The number of rotatable bonds is 5. The topological polar surface area (TPSA) is 57.6 Å². The molecule has 0 unspecified atom stereocenters. The van der Waals surface area contributed by atoms with Crippen LogP contribution >= 0.6 is 0 Å². The van der Waals surface area contributed by atoms with Gasteiger partial charge in [0.1, 0.15) is 0 Å². The Morgan fingerprint density at radius 1 is 1.07 bits per heavy atom. The van der Waals surface area contributed by atoms with Gasteiger partial charge >= 0.3 is 12.1 Å². The lowest BCUT2D eigenvalue weighted by Crippen LogP contribution is -2.34. The summed E-state index contributed by atoms with van der Waals surface area (Å²) in [5.41, 5.74) is -1.71. The highest BCUT2D eigenvalue weighted by atomic mass is 19.4. The van der Waals surface area contributed by atoms with Crippen LogP contribution in [0.5, 0.6) is 0 Å². The average molecular weight is 381 g/mol. The maximum atomic E-state index is 14.6. The predicted molar refractivity (Wildman–Crippen MR) is 89.2 cm³/mol. The number of carbonyl (C=O) groups excluding carboxylic acids is 1. The summed E-state index contributed by atoms with van der Waals surface area (Å²) in [6.07, 6.45) is -2.84. The van der Waals surface area contributed by atoms with Crippen molar-refractivity contribution in [2.24, 2.45) is 5.92 Å². The molecule has 27 heavy (non-hydrogen) atoms. The van der Waals surface area contributed by atoms with Crippen LogP contribution in [-0.4, -0.2) is 23.5 Å². The predicted octanol–water partition coefficient (Wildman–Crippen LogP) is 4.60. The lowest BCUT2D eigenvalue weighted by Gasteiger charge is -2.24. The maximum Gasteiger partial charge on any atom is 0.416 e. The lowest BCUT2D eigenvalue weighted by atomic mass is 10.1. The molecule has 0 saturated heterocycles. The Bertz CT molecular complexity index is 874. The van der Waals surface area contributed by atoms with Crippen molar-refractivity contribution in [1.29, 1.82) is 0 Å². The molecule has 0 atom stereocenters. The van der Waals surface area contributed by atoms with Crippen LogP contribution in [0, 0.1) is 11.7 Å². The van der Waals surface area contributed by atoms with Gasteiger partial charge in [-0.3, -0.25) is 4.79 Å². The summed E-state index contributed by atoms with van der Waals surface area (Å²) in [6, 6.07) is 7.32. The van der Waals surface area contributed by atoms with E-state index in [2.05, 4.69) is 0 Å². The molecule has 0 radical (unpaired) electrons. The fourth-order valence-corrected chi connectivity index (χ4v) is 2.70. The molecule has 1 amide bonds. The molecule has 2 aromatic rings. The number of amides is 1. The number of benzene rings is 2. The van der Waals surface area contributed by atoms with Crippen LogP contribution in [0.4, 0.5) is 23.2 Å². The van der Waals surface area contributed by atoms with Crippen molar-refractivity contribution in [2.45, 2.75) is 19.0 Å². The summed E-state index contributed by atoms with van der Waals surface area (Å²) < 4.78 is 52.7. The Labute approximate surface area is 152 Å². The third-order valence-electron chi connectivity index (χ3n) is 4.34. The van der Waals surface area contributed by atoms with Crippen LogP contribution in [0.15, 0.2) is 42.5 Å². The number of hydrogen-bond acceptors (Lipinski definition) is 2. The average Bonchev–Trinajstić information content (AvgIpc) is 3.43. The number of anilines is 1. The van der Waals surface area contributed by atoms with Crippen molar-refractivity contribution in [3.8, 4) is 0 Å². The molecule has 1 aliphatic carbocycles.